The molecule has 1 aliphatic heterocycles. The monoisotopic (exact) mass is 240 g/mol. The van der Waals surface area contributed by atoms with E-state index in [0.29, 0.717) is 12.5 Å². The molecular weight excluding hydrogens is 214 g/mol. The zero-order valence-corrected chi connectivity index (χ0v) is 11.9. The van der Waals surface area contributed by atoms with E-state index in [1.165, 1.54) is 0 Å². The van der Waals surface area contributed by atoms with Gasteiger partial charge in [-0.05, 0) is 20.8 Å². The van der Waals surface area contributed by atoms with E-state index in [2.05, 4.69) is 32.9 Å². The lowest BCUT2D eigenvalue weighted by atomic mass is 9.78. The summed E-state index contributed by atoms with van der Waals surface area (Å²) in [5, 5.41) is 20.2. The minimum atomic E-state index is -1.04. The van der Waals surface area contributed by atoms with E-state index in [-0.39, 0.29) is 5.92 Å². The first-order valence-corrected chi connectivity index (χ1v) is 6.28. The molecule has 98 valence electrons. The van der Waals surface area contributed by atoms with Gasteiger partial charge in [-0.25, -0.2) is 0 Å². The highest BCUT2D eigenvalue weighted by atomic mass is 16.3. The summed E-state index contributed by atoms with van der Waals surface area (Å²) in [5.74, 6) is 5.77. The Morgan fingerprint density at radius 1 is 1.29 bits per heavy atom. The van der Waals surface area contributed by atoms with Crippen molar-refractivity contribution in [3.05, 3.63) is 0 Å². The van der Waals surface area contributed by atoms with E-state index < -0.39 is 11.2 Å². The lowest BCUT2D eigenvalue weighted by molar-refractivity contribution is -0.923. The van der Waals surface area contributed by atoms with Gasteiger partial charge in [0.1, 0.15) is 11.2 Å². The lowest BCUT2D eigenvalue weighted by Gasteiger charge is -2.48. The fourth-order valence-electron chi connectivity index (χ4n) is 2.37. The standard InChI is InChI=1S/C14H26NO2/c1-11-10-15(5,6)12(2)9-14(11,17)8-7-13(3,4)16/h11-12,16-17H,9-10H2,1-6H3/q+1/t11-,12-,14-/m1/s1. The second kappa shape index (κ2) is 4.28. The van der Waals surface area contributed by atoms with Crippen molar-refractivity contribution in [3.63, 3.8) is 0 Å². The van der Waals surface area contributed by atoms with Crippen LogP contribution < -0.4 is 0 Å². The van der Waals surface area contributed by atoms with Gasteiger partial charge in [0.15, 0.2) is 0 Å². The summed E-state index contributed by atoms with van der Waals surface area (Å²) >= 11 is 0. The number of aliphatic hydroxyl groups is 2. The molecule has 0 aromatic rings. The second-order valence-electron chi connectivity index (χ2n) is 6.65. The number of hydrogen-bond donors (Lipinski definition) is 2. The van der Waals surface area contributed by atoms with Crippen molar-refractivity contribution >= 4 is 0 Å². The van der Waals surface area contributed by atoms with Crippen LogP contribution >= 0.6 is 0 Å². The van der Waals surface area contributed by atoms with E-state index in [1.54, 1.807) is 13.8 Å². The Balaban J connectivity index is 2.94. The third kappa shape index (κ3) is 3.45. The van der Waals surface area contributed by atoms with Gasteiger partial charge in [-0.1, -0.05) is 18.8 Å². The molecule has 1 fully saturated rings. The summed E-state index contributed by atoms with van der Waals surface area (Å²) < 4.78 is 0.910. The maximum Gasteiger partial charge on any atom is 0.139 e. The summed E-state index contributed by atoms with van der Waals surface area (Å²) in [7, 11) is 4.37. The summed E-state index contributed by atoms with van der Waals surface area (Å²) in [5.41, 5.74) is -2.01. The van der Waals surface area contributed by atoms with Gasteiger partial charge in [0.2, 0.25) is 0 Å². The fourth-order valence-corrected chi connectivity index (χ4v) is 2.37. The van der Waals surface area contributed by atoms with E-state index in [4.69, 9.17) is 0 Å². The van der Waals surface area contributed by atoms with Crippen molar-refractivity contribution in [2.75, 3.05) is 20.6 Å². The van der Waals surface area contributed by atoms with E-state index in [9.17, 15) is 10.2 Å². The van der Waals surface area contributed by atoms with Crippen LogP contribution in [0.4, 0.5) is 0 Å². The molecule has 3 heteroatoms. The van der Waals surface area contributed by atoms with Gasteiger partial charge in [0.25, 0.3) is 0 Å². The topological polar surface area (TPSA) is 40.5 Å². The molecule has 0 aromatic carbocycles. The van der Waals surface area contributed by atoms with Gasteiger partial charge in [-0.2, -0.15) is 0 Å². The van der Waals surface area contributed by atoms with Crippen LogP contribution in [0, 0.1) is 17.8 Å². The summed E-state index contributed by atoms with van der Waals surface area (Å²) in [6.45, 7) is 8.35. The van der Waals surface area contributed by atoms with Gasteiger partial charge in [0, 0.05) is 12.3 Å². The van der Waals surface area contributed by atoms with Crippen LogP contribution in [0.25, 0.3) is 0 Å². The zero-order chi connectivity index (χ0) is 13.5. The van der Waals surface area contributed by atoms with E-state index >= 15 is 0 Å². The van der Waals surface area contributed by atoms with Crippen molar-refractivity contribution in [3.8, 4) is 11.8 Å². The molecule has 2 N–H and O–H groups in total. The molecule has 1 saturated heterocycles. The van der Waals surface area contributed by atoms with Gasteiger partial charge in [-0.15, -0.1) is 0 Å². The largest absolute Gasteiger partial charge is 0.378 e. The molecule has 3 atom stereocenters. The third-order valence-corrected chi connectivity index (χ3v) is 3.94. The van der Waals surface area contributed by atoms with Crippen LogP contribution in [0.5, 0.6) is 0 Å². The Kier molecular flexibility index (Phi) is 3.65. The predicted molar refractivity (Wildman–Crippen MR) is 69.2 cm³/mol. The van der Waals surface area contributed by atoms with Crippen molar-refractivity contribution in [2.24, 2.45) is 5.92 Å². The van der Waals surface area contributed by atoms with E-state index in [1.807, 2.05) is 6.92 Å². The number of hydrogen-bond acceptors (Lipinski definition) is 2. The Hall–Kier alpha value is -0.560. The van der Waals surface area contributed by atoms with Crippen LogP contribution in [-0.2, 0) is 0 Å². The smallest absolute Gasteiger partial charge is 0.139 e. The third-order valence-electron chi connectivity index (χ3n) is 3.94. The molecule has 0 aliphatic carbocycles. The highest BCUT2D eigenvalue weighted by molar-refractivity contribution is 5.21. The quantitative estimate of drug-likeness (QED) is 0.490. The number of quaternary nitrogens is 1. The van der Waals surface area contributed by atoms with Crippen LogP contribution in [0.3, 0.4) is 0 Å². The van der Waals surface area contributed by atoms with Crippen LogP contribution in [0.1, 0.15) is 34.1 Å². The maximum atomic E-state index is 10.6. The summed E-state index contributed by atoms with van der Waals surface area (Å²) in [6, 6.07) is 0.368. The van der Waals surface area contributed by atoms with Crippen LogP contribution in [-0.4, -0.2) is 52.6 Å². The van der Waals surface area contributed by atoms with Gasteiger partial charge in [-0.3, -0.25) is 0 Å². The molecule has 0 spiro atoms. The van der Waals surface area contributed by atoms with Crippen molar-refractivity contribution in [1.82, 2.24) is 0 Å². The molecule has 1 heterocycles. The average Bonchev–Trinajstić information content (AvgIpc) is 2.11. The molecule has 0 amide bonds. The number of nitrogens with zero attached hydrogens (tertiary/aromatic N) is 1. The molecular formula is C14H26NO2+. The van der Waals surface area contributed by atoms with Crippen LogP contribution in [0.15, 0.2) is 0 Å². The highest BCUT2D eigenvalue weighted by Gasteiger charge is 2.46. The number of rotatable bonds is 0. The molecule has 1 rings (SSSR count). The Labute approximate surface area is 105 Å². The molecule has 3 nitrogen and oxygen atoms in total. The molecule has 17 heavy (non-hydrogen) atoms. The maximum absolute atomic E-state index is 10.6. The SMILES string of the molecule is C[C@@H]1C[N+](C)(C)[C@H](C)C[C@]1(O)C#CC(C)(C)O. The average molecular weight is 240 g/mol. The number of likely N-dealkylation sites (tertiary alicyclic amines) is 1. The Bertz CT molecular complexity index is 345. The van der Waals surface area contributed by atoms with Gasteiger partial charge < -0.3 is 14.7 Å². The van der Waals surface area contributed by atoms with Crippen molar-refractivity contribution < 1.29 is 14.7 Å². The molecule has 0 unspecified atom stereocenters. The predicted octanol–water partition coefficient (Wildman–Crippen LogP) is 0.996. The Morgan fingerprint density at radius 2 is 1.82 bits per heavy atom. The zero-order valence-electron chi connectivity index (χ0n) is 11.9. The summed E-state index contributed by atoms with van der Waals surface area (Å²) in [6.07, 6.45) is 0.657. The van der Waals surface area contributed by atoms with Crippen molar-refractivity contribution in [2.45, 2.75) is 51.4 Å². The molecule has 0 aromatic heterocycles. The minimum Gasteiger partial charge on any atom is -0.378 e. The van der Waals surface area contributed by atoms with Crippen LogP contribution in [0.2, 0.25) is 0 Å². The highest BCUT2D eigenvalue weighted by Crippen LogP contribution is 2.33. The normalized spacial score (nSPS) is 37.2. The molecule has 0 saturated carbocycles. The van der Waals surface area contributed by atoms with Crippen molar-refractivity contribution in [1.29, 1.82) is 0 Å². The first kappa shape index (κ1) is 14.5. The number of piperidine rings is 1. The first-order chi connectivity index (χ1) is 7.46. The second-order valence-corrected chi connectivity index (χ2v) is 6.65. The molecule has 1 aliphatic rings. The minimum absolute atomic E-state index is 0.114. The van der Waals surface area contributed by atoms with Gasteiger partial charge in [0.05, 0.1) is 26.7 Å². The first-order valence-electron chi connectivity index (χ1n) is 6.28. The van der Waals surface area contributed by atoms with Gasteiger partial charge >= 0.3 is 0 Å². The van der Waals surface area contributed by atoms with E-state index in [0.717, 1.165) is 11.0 Å². The summed E-state index contributed by atoms with van der Waals surface area (Å²) in [4.78, 5) is 0. The lowest BCUT2D eigenvalue weighted by Crippen LogP contribution is -2.61. The molecule has 0 bridgehead atoms. The Morgan fingerprint density at radius 3 is 2.29 bits per heavy atom. The fraction of sp³-hybridized carbons (Fsp3) is 0.857. The molecule has 0 radical (unpaired) electrons.